The van der Waals surface area contributed by atoms with Gasteiger partial charge in [0.25, 0.3) is 0 Å². The molecule has 0 spiro atoms. The molecule has 0 aliphatic carbocycles. The molecule has 1 unspecified atom stereocenters. The van der Waals surface area contributed by atoms with Crippen molar-refractivity contribution < 1.29 is 13.9 Å². The van der Waals surface area contributed by atoms with Gasteiger partial charge in [0.1, 0.15) is 0 Å². The number of carbonyl (C=O) groups excluding carboxylic acids is 1. The highest BCUT2D eigenvalue weighted by atomic mass is 79.9. The van der Waals surface area contributed by atoms with Gasteiger partial charge < -0.3 is 15.4 Å². The van der Waals surface area contributed by atoms with Crippen LogP contribution in [0.5, 0.6) is 0 Å². The number of benzene rings is 1. The second-order valence-electron chi connectivity index (χ2n) is 5.74. The molecule has 1 aromatic carbocycles. The zero-order valence-corrected chi connectivity index (χ0v) is 16.6. The third kappa shape index (κ3) is 5.14. The standard InChI is InChI=1S/C18H22BrFN4O2/c1-4-6-11(5-2)22-16-15(20)10-21-18(24-16)23-12-7-8-14(19)13(9-12)17(25)26-3/h7-11H,4-6H2,1-3H3,(H2,21,22,23,24). The van der Waals surface area contributed by atoms with Crippen LogP contribution < -0.4 is 10.6 Å². The topological polar surface area (TPSA) is 76.1 Å². The van der Waals surface area contributed by atoms with Crippen LogP contribution in [-0.2, 0) is 4.74 Å². The van der Waals surface area contributed by atoms with E-state index in [0.29, 0.717) is 15.7 Å². The van der Waals surface area contributed by atoms with Crippen LogP contribution in [0.1, 0.15) is 43.5 Å². The Balaban J connectivity index is 2.22. The normalized spacial score (nSPS) is 11.7. The fourth-order valence-electron chi connectivity index (χ4n) is 2.45. The van der Waals surface area contributed by atoms with Gasteiger partial charge in [0.05, 0.1) is 18.9 Å². The van der Waals surface area contributed by atoms with Gasteiger partial charge in [-0.3, -0.25) is 0 Å². The van der Waals surface area contributed by atoms with E-state index in [1.165, 1.54) is 7.11 Å². The van der Waals surface area contributed by atoms with Gasteiger partial charge in [0.2, 0.25) is 5.95 Å². The maximum atomic E-state index is 14.0. The lowest BCUT2D eigenvalue weighted by Crippen LogP contribution is -2.20. The molecular formula is C18H22BrFN4O2. The number of hydrogen-bond donors (Lipinski definition) is 2. The summed E-state index contributed by atoms with van der Waals surface area (Å²) in [7, 11) is 1.32. The van der Waals surface area contributed by atoms with Gasteiger partial charge in [-0.25, -0.2) is 14.2 Å². The van der Waals surface area contributed by atoms with E-state index in [0.717, 1.165) is 25.5 Å². The molecule has 26 heavy (non-hydrogen) atoms. The lowest BCUT2D eigenvalue weighted by molar-refractivity contribution is 0.0599. The third-order valence-electron chi connectivity index (χ3n) is 3.84. The van der Waals surface area contributed by atoms with Crippen molar-refractivity contribution in [3.63, 3.8) is 0 Å². The molecule has 0 saturated carbocycles. The van der Waals surface area contributed by atoms with Crippen LogP contribution in [0, 0.1) is 5.82 Å². The Kier molecular flexibility index (Phi) is 7.32. The molecule has 2 aromatic rings. The van der Waals surface area contributed by atoms with E-state index in [4.69, 9.17) is 4.74 Å². The zero-order chi connectivity index (χ0) is 19.1. The second-order valence-corrected chi connectivity index (χ2v) is 6.59. The van der Waals surface area contributed by atoms with Crippen molar-refractivity contribution in [1.82, 2.24) is 9.97 Å². The molecule has 1 heterocycles. The summed E-state index contributed by atoms with van der Waals surface area (Å²) in [6, 6.07) is 5.23. The molecule has 2 rings (SSSR count). The number of methoxy groups -OCH3 is 1. The predicted molar refractivity (Wildman–Crippen MR) is 103 cm³/mol. The number of rotatable bonds is 8. The van der Waals surface area contributed by atoms with Crippen LogP contribution in [0.25, 0.3) is 0 Å². The Hall–Kier alpha value is -2.22. The summed E-state index contributed by atoms with van der Waals surface area (Å²) in [5.41, 5.74) is 0.957. The molecule has 0 saturated heterocycles. The van der Waals surface area contributed by atoms with E-state index in [9.17, 15) is 9.18 Å². The minimum Gasteiger partial charge on any atom is -0.465 e. The summed E-state index contributed by atoms with van der Waals surface area (Å²) < 4.78 is 19.4. The smallest absolute Gasteiger partial charge is 0.339 e. The van der Waals surface area contributed by atoms with Crippen LogP contribution in [-0.4, -0.2) is 29.1 Å². The van der Waals surface area contributed by atoms with Gasteiger partial charge in [-0.05, 0) is 47.0 Å². The van der Waals surface area contributed by atoms with Gasteiger partial charge in [0.15, 0.2) is 11.6 Å². The lowest BCUT2D eigenvalue weighted by atomic mass is 10.1. The average Bonchev–Trinajstić information content (AvgIpc) is 2.64. The monoisotopic (exact) mass is 424 g/mol. The molecule has 140 valence electrons. The van der Waals surface area contributed by atoms with Gasteiger partial charge in [-0.15, -0.1) is 0 Å². The molecule has 0 amide bonds. The summed E-state index contributed by atoms with van der Waals surface area (Å²) in [4.78, 5) is 20.0. The van der Waals surface area contributed by atoms with E-state index in [1.54, 1.807) is 18.2 Å². The largest absolute Gasteiger partial charge is 0.465 e. The first kappa shape index (κ1) is 20.1. The number of aromatic nitrogens is 2. The number of hydrogen-bond acceptors (Lipinski definition) is 6. The van der Waals surface area contributed by atoms with Crippen LogP contribution in [0.4, 0.5) is 21.8 Å². The van der Waals surface area contributed by atoms with Crippen molar-refractivity contribution >= 4 is 39.4 Å². The fourth-order valence-corrected chi connectivity index (χ4v) is 2.86. The number of carbonyl (C=O) groups is 1. The molecule has 0 bridgehead atoms. The molecule has 0 aliphatic heterocycles. The minimum absolute atomic E-state index is 0.149. The maximum absolute atomic E-state index is 14.0. The molecule has 0 aliphatic rings. The van der Waals surface area contributed by atoms with Crippen LogP contribution in [0.2, 0.25) is 0 Å². The van der Waals surface area contributed by atoms with Crippen LogP contribution >= 0.6 is 15.9 Å². The number of anilines is 3. The highest BCUT2D eigenvalue weighted by molar-refractivity contribution is 9.10. The van der Waals surface area contributed by atoms with Crippen molar-refractivity contribution in [2.24, 2.45) is 0 Å². The molecular weight excluding hydrogens is 403 g/mol. The van der Waals surface area contributed by atoms with Crippen LogP contribution in [0.3, 0.4) is 0 Å². The quantitative estimate of drug-likeness (QED) is 0.586. The SMILES string of the molecule is CCCC(CC)Nc1nc(Nc2ccc(Br)c(C(=O)OC)c2)ncc1F. The van der Waals surface area contributed by atoms with Gasteiger partial charge in [0, 0.05) is 16.2 Å². The van der Waals surface area contributed by atoms with Crippen molar-refractivity contribution in [3.05, 3.63) is 40.2 Å². The van der Waals surface area contributed by atoms with E-state index >= 15 is 0 Å². The molecule has 1 atom stereocenters. The van der Waals surface area contributed by atoms with E-state index < -0.39 is 11.8 Å². The molecule has 8 heteroatoms. The van der Waals surface area contributed by atoms with Crippen LogP contribution in [0.15, 0.2) is 28.9 Å². The van der Waals surface area contributed by atoms with Crippen molar-refractivity contribution in [2.45, 2.75) is 39.2 Å². The Morgan fingerprint density at radius 2 is 2.15 bits per heavy atom. The molecule has 1 aromatic heterocycles. The van der Waals surface area contributed by atoms with Gasteiger partial charge in [-0.2, -0.15) is 4.98 Å². The number of nitrogens with one attached hydrogen (secondary N) is 2. The third-order valence-corrected chi connectivity index (χ3v) is 4.53. The maximum Gasteiger partial charge on any atom is 0.339 e. The predicted octanol–water partition coefficient (Wildman–Crippen LogP) is 4.90. The average molecular weight is 425 g/mol. The lowest BCUT2D eigenvalue weighted by Gasteiger charge is -2.17. The number of halogens is 2. The molecule has 0 fully saturated rings. The summed E-state index contributed by atoms with van der Waals surface area (Å²) >= 11 is 3.31. The first-order valence-corrected chi connectivity index (χ1v) is 9.21. The molecule has 2 N–H and O–H groups in total. The zero-order valence-electron chi connectivity index (χ0n) is 15.0. The Labute approximate surface area is 160 Å². The Morgan fingerprint density at radius 3 is 2.81 bits per heavy atom. The first-order valence-electron chi connectivity index (χ1n) is 8.42. The highest BCUT2D eigenvalue weighted by Crippen LogP contribution is 2.24. The number of ether oxygens (including phenoxy) is 1. The van der Waals surface area contributed by atoms with Crippen molar-refractivity contribution in [3.8, 4) is 0 Å². The molecule has 0 radical (unpaired) electrons. The van der Waals surface area contributed by atoms with Gasteiger partial charge >= 0.3 is 5.97 Å². The molecule has 6 nitrogen and oxygen atoms in total. The minimum atomic E-state index is -0.504. The second kappa shape index (κ2) is 9.47. The summed E-state index contributed by atoms with van der Waals surface area (Å²) in [5, 5.41) is 6.11. The van der Waals surface area contributed by atoms with Crippen molar-refractivity contribution in [1.29, 1.82) is 0 Å². The summed E-state index contributed by atoms with van der Waals surface area (Å²) in [6.45, 7) is 4.13. The highest BCUT2D eigenvalue weighted by Gasteiger charge is 2.14. The number of esters is 1. The van der Waals surface area contributed by atoms with Gasteiger partial charge in [-0.1, -0.05) is 20.3 Å². The van der Waals surface area contributed by atoms with E-state index in [1.807, 2.05) is 6.92 Å². The van der Waals surface area contributed by atoms with E-state index in [2.05, 4.69) is 43.5 Å². The van der Waals surface area contributed by atoms with E-state index in [-0.39, 0.29) is 17.8 Å². The van der Waals surface area contributed by atoms with Crippen molar-refractivity contribution in [2.75, 3.05) is 17.7 Å². The Bertz CT molecular complexity index is 773. The fraction of sp³-hybridized carbons (Fsp3) is 0.389. The first-order chi connectivity index (χ1) is 12.5. The Morgan fingerprint density at radius 1 is 1.38 bits per heavy atom. The summed E-state index contributed by atoms with van der Waals surface area (Å²) in [6.07, 6.45) is 3.92. The number of nitrogens with zero attached hydrogens (tertiary/aromatic N) is 2. The summed E-state index contributed by atoms with van der Waals surface area (Å²) in [5.74, 6) is -0.573.